The molecule has 7 heteroatoms. The largest absolute Gasteiger partial charge is 0.465 e. The number of nitrogens with zero attached hydrogens (tertiary/aromatic N) is 1. The number of carbonyl (C=O) groups is 1. The molecule has 0 spiro atoms. The number of aromatic amines is 1. The Labute approximate surface area is 134 Å². The summed E-state index contributed by atoms with van der Waals surface area (Å²) < 4.78 is 4.74. The number of rotatable bonds is 7. The van der Waals surface area contributed by atoms with Gasteiger partial charge in [-0.05, 0) is 38.0 Å². The molecule has 0 aliphatic carbocycles. The number of H-pyrrole nitrogens is 1. The number of carbonyl (C=O) groups excluding carboxylic acids is 1. The first kappa shape index (κ1) is 17.4. The Bertz CT molecular complexity index is 670. The summed E-state index contributed by atoms with van der Waals surface area (Å²) in [7, 11) is 0. The van der Waals surface area contributed by atoms with E-state index in [0.717, 1.165) is 16.6 Å². The van der Waals surface area contributed by atoms with Crippen molar-refractivity contribution in [2.75, 3.05) is 6.61 Å². The highest BCUT2D eigenvalue weighted by atomic mass is 16.5. The molecule has 0 saturated carbocycles. The van der Waals surface area contributed by atoms with E-state index in [0.29, 0.717) is 12.2 Å². The normalized spacial score (nSPS) is 15.3. The molecule has 2 rings (SSSR count). The molecule has 3 unspecified atom stereocenters. The third-order valence-electron chi connectivity index (χ3n) is 3.68. The Hall–Kier alpha value is -1.96. The van der Waals surface area contributed by atoms with Crippen molar-refractivity contribution in [1.29, 1.82) is 0 Å². The van der Waals surface area contributed by atoms with Crippen LogP contribution in [0.4, 0.5) is 0 Å². The lowest BCUT2D eigenvalue weighted by Crippen LogP contribution is -2.49. The van der Waals surface area contributed by atoms with Gasteiger partial charge in [0.25, 0.3) is 0 Å². The minimum Gasteiger partial charge on any atom is -0.465 e. The molecule has 0 fully saturated rings. The number of ether oxygens (including phenoxy) is 1. The van der Waals surface area contributed by atoms with Crippen molar-refractivity contribution in [1.82, 2.24) is 9.97 Å². The molecule has 7 nitrogen and oxygen atoms in total. The van der Waals surface area contributed by atoms with E-state index in [1.54, 1.807) is 6.92 Å². The van der Waals surface area contributed by atoms with Crippen LogP contribution in [0.15, 0.2) is 18.2 Å². The summed E-state index contributed by atoms with van der Waals surface area (Å²) in [5.41, 5.74) is 8.49. The number of imidazole rings is 1. The minimum atomic E-state index is -1.37. The number of nitrogens with two attached hydrogens (primary N) is 1. The van der Waals surface area contributed by atoms with Crippen molar-refractivity contribution in [3.8, 4) is 0 Å². The van der Waals surface area contributed by atoms with Crippen molar-refractivity contribution in [3.05, 3.63) is 29.6 Å². The maximum Gasteiger partial charge on any atom is 0.325 e. The van der Waals surface area contributed by atoms with E-state index in [4.69, 9.17) is 10.5 Å². The van der Waals surface area contributed by atoms with E-state index in [2.05, 4.69) is 9.97 Å². The lowest BCUT2D eigenvalue weighted by molar-refractivity contribution is -0.149. The number of fused-ring (bicyclic) bond motifs is 1. The highest BCUT2D eigenvalue weighted by Gasteiger charge is 2.29. The van der Waals surface area contributed by atoms with Crippen LogP contribution in [0.1, 0.15) is 24.7 Å². The smallest absolute Gasteiger partial charge is 0.325 e. The Morgan fingerprint density at radius 3 is 2.87 bits per heavy atom. The second kappa shape index (κ2) is 7.54. The molecule has 0 amide bonds. The first-order valence-electron chi connectivity index (χ1n) is 7.66. The standard InChI is InChI=1S/C16H23N3O4/c1-3-23-16(22)14(17)15(21)12(20)6-7-13-18-10-5-4-9(2)8-11(10)19-13/h4-5,8,12,14-15,20-21H,3,6-7,17H2,1-2H3,(H,18,19). The number of hydrogen-bond acceptors (Lipinski definition) is 6. The maximum absolute atomic E-state index is 11.5. The first-order valence-corrected chi connectivity index (χ1v) is 7.66. The number of aliphatic hydroxyl groups is 2. The quantitative estimate of drug-likeness (QED) is 0.548. The minimum absolute atomic E-state index is 0.174. The summed E-state index contributed by atoms with van der Waals surface area (Å²) in [5.74, 6) is -0.0141. The number of esters is 1. The fourth-order valence-corrected chi connectivity index (χ4v) is 2.37. The zero-order valence-corrected chi connectivity index (χ0v) is 13.3. The van der Waals surface area contributed by atoms with Gasteiger partial charge >= 0.3 is 5.97 Å². The van der Waals surface area contributed by atoms with E-state index in [1.807, 2.05) is 25.1 Å². The zero-order chi connectivity index (χ0) is 17.0. The van der Waals surface area contributed by atoms with Gasteiger partial charge in [0.15, 0.2) is 0 Å². The van der Waals surface area contributed by atoms with Gasteiger partial charge in [-0.1, -0.05) is 6.07 Å². The monoisotopic (exact) mass is 321 g/mol. The molecule has 23 heavy (non-hydrogen) atoms. The maximum atomic E-state index is 11.5. The number of aromatic nitrogens is 2. The summed E-state index contributed by atoms with van der Waals surface area (Å²) in [6.45, 7) is 3.82. The summed E-state index contributed by atoms with van der Waals surface area (Å²) in [5, 5.41) is 19.9. The summed E-state index contributed by atoms with van der Waals surface area (Å²) in [6, 6.07) is 4.63. The molecule has 0 saturated heterocycles. The Morgan fingerprint density at radius 1 is 1.43 bits per heavy atom. The third-order valence-corrected chi connectivity index (χ3v) is 3.68. The van der Waals surface area contributed by atoms with Crippen molar-refractivity contribution in [2.45, 2.75) is 44.9 Å². The number of hydrogen-bond donors (Lipinski definition) is 4. The lowest BCUT2D eigenvalue weighted by Gasteiger charge is -2.22. The molecule has 1 aromatic carbocycles. The fourth-order valence-electron chi connectivity index (χ4n) is 2.37. The van der Waals surface area contributed by atoms with Gasteiger partial charge in [-0.3, -0.25) is 4.79 Å². The summed E-state index contributed by atoms with van der Waals surface area (Å²) in [6.07, 6.45) is -1.85. The SMILES string of the molecule is CCOC(=O)C(N)C(O)C(O)CCc1nc2ccc(C)cc2[nH]1. The van der Waals surface area contributed by atoms with E-state index < -0.39 is 24.2 Å². The van der Waals surface area contributed by atoms with Crippen molar-refractivity contribution in [3.63, 3.8) is 0 Å². The Balaban J connectivity index is 1.94. The first-order chi connectivity index (χ1) is 10.9. The van der Waals surface area contributed by atoms with Crippen LogP contribution < -0.4 is 5.73 Å². The molecule has 0 bridgehead atoms. The van der Waals surface area contributed by atoms with Crippen LogP contribution in [0.5, 0.6) is 0 Å². The highest BCUT2D eigenvalue weighted by molar-refractivity contribution is 5.76. The second-order valence-corrected chi connectivity index (χ2v) is 5.58. The Kier molecular flexibility index (Phi) is 5.70. The number of aliphatic hydroxyl groups excluding tert-OH is 2. The fraction of sp³-hybridized carbons (Fsp3) is 0.500. The van der Waals surface area contributed by atoms with Crippen LogP contribution in [-0.4, -0.2) is 51.0 Å². The van der Waals surface area contributed by atoms with Crippen LogP contribution in [0.3, 0.4) is 0 Å². The van der Waals surface area contributed by atoms with Crippen LogP contribution in [0.2, 0.25) is 0 Å². The van der Waals surface area contributed by atoms with Gasteiger partial charge in [0.05, 0.1) is 23.7 Å². The molecule has 1 aromatic heterocycles. The molecule has 0 radical (unpaired) electrons. The van der Waals surface area contributed by atoms with Gasteiger partial charge in [-0.2, -0.15) is 0 Å². The van der Waals surface area contributed by atoms with Crippen molar-refractivity contribution >= 4 is 17.0 Å². The molecule has 2 aromatic rings. The highest BCUT2D eigenvalue weighted by Crippen LogP contribution is 2.15. The summed E-state index contributed by atoms with van der Waals surface area (Å²) in [4.78, 5) is 19.1. The van der Waals surface area contributed by atoms with Gasteiger partial charge in [-0.15, -0.1) is 0 Å². The molecule has 126 valence electrons. The van der Waals surface area contributed by atoms with Crippen LogP contribution in [0, 0.1) is 6.92 Å². The van der Waals surface area contributed by atoms with Crippen LogP contribution >= 0.6 is 0 Å². The lowest BCUT2D eigenvalue weighted by atomic mass is 10.0. The average molecular weight is 321 g/mol. The molecule has 3 atom stereocenters. The topological polar surface area (TPSA) is 121 Å². The second-order valence-electron chi connectivity index (χ2n) is 5.58. The zero-order valence-electron chi connectivity index (χ0n) is 13.3. The van der Waals surface area contributed by atoms with E-state index in [9.17, 15) is 15.0 Å². The van der Waals surface area contributed by atoms with Gasteiger partial charge in [0, 0.05) is 6.42 Å². The molecule has 1 heterocycles. The number of aryl methyl sites for hydroxylation is 2. The molecule has 0 aliphatic heterocycles. The average Bonchev–Trinajstić information content (AvgIpc) is 2.93. The number of benzene rings is 1. The third kappa shape index (κ3) is 4.28. The van der Waals surface area contributed by atoms with Gasteiger partial charge < -0.3 is 25.7 Å². The Morgan fingerprint density at radius 2 is 2.17 bits per heavy atom. The van der Waals surface area contributed by atoms with Gasteiger partial charge in [-0.25, -0.2) is 4.98 Å². The predicted molar refractivity (Wildman–Crippen MR) is 85.8 cm³/mol. The predicted octanol–water partition coefficient (Wildman–Crippen LogP) is 0.416. The van der Waals surface area contributed by atoms with Gasteiger partial charge in [0.1, 0.15) is 18.0 Å². The molecular formula is C16H23N3O4. The molecule has 0 aliphatic rings. The van der Waals surface area contributed by atoms with E-state index >= 15 is 0 Å². The van der Waals surface area contributed by atoms with E-state index in [1.165, 1.54) is 0 Å². The van der Waals surface area contributed by atoms with E-state index in [-0.39, 0.29) is 13.0 Å². The van der Waals surface area contributed by atoms with Crippen molar-refractivity contribution in [2.24, 2.45) is 5.73 Å². The number of nitrogens with one attached hydrogen (secondary N) is 1. The van der Waals surface area contributed by atoms with Crippen LogP contribution in [0.25, 0.3) is 11.0 Å². The summed E-state index contributed by atoms with van der Waals surface area (Å²) >= 11 is 0. The molecular weight excluding hydrogens is 298 g/mol. The van der Waals surface area contributed by atoms with Gasteiger partial charge in [0.2, 0.25) is 0 Å². The van der Waals surface area contributed by atoms with Crippen LogP contribution in [-0.2, 0) is 16.0 Å². The molecule has 5 N–H and O–H groups in total. The van der Waals surface area contributed by atoms with Crippen molar-refractivity contribution < 1.29 is 19.7 Å².